The molecule has 3 rings (SSSR count). The number of piperidine rings is 1. The second kappa shape index (κ2) is 3.94. The quantitative estimate of drug-likeness (QED) is 0.794. The first-order valence-electron chi connectivity index (χ1n) is 6.54. The summed E-state index contributed by atoms with van der Waals surface area (Å²) >= 11 is 0. The smallest absolute Gasteiger partial charge is 0.258 e. The van der Waals surface area contributed by atoms with Crippen molar-refractivity contribution in [3.8, 4) is 0 Å². The van der Waals surface area contributed by atoms with E-state index >= 15 is 0 Å². The van der Waals surface area contributed by atoms with Gasteiger partial charge in [0.25, 0.3) is 5.92 Å². The molecular formula is C15H18F2N. The van der Waals surface area contributed by atoms with Gasteiger partial charge in [0.15, 0.2) is 0 Å². The van der Waals surface area contributed by atoms with Crippen molar-refractivity contribution in [1.29, 1.82) is 0 Å². The van der Waals surface area contributed by atoms with Crippen LogP contribution in [0.4, 0.5) is 14.5 Å². The summed E-state index contributed by atoms with van der Waals surface area (Å²) < 4.78 is 26.3. The van der Waals surface area contributed by atoms with Gasteiger partial charge in [-0.05, 0) is 43.0 Å². The second-order valence-electron chi connectivity index (χ2n) is 5.52. The van der Waals surface area contributed by atoms with Crippen LogP contribution >= 0.6 is 0 Å². The summed E-state index contributed by atoms with van der Waals surface area (Å²) in [6, 6.07) is 6.31. The van der Waals surface area contributed by atoms with E-state index in [0.717, 1.165) is 12.1 Å². The first-order chi connectivity index (χ1) is 8.54. The van der Waals surface area contributed by atoms with Crippen molar-refractivity contribution >= 4 is 5.69 Å². The van der Waals surface area contributed by atoms with Crippen molar-refractivity contribution in [2.24, 2.45) is 11.8 Å². The van der Waals surface area contributed by atoms with Crippen LogP contribution in [0, 0.1) is 25.2 Å². The molecule has 0 aromatic heterocycles. The SMILES string of the molecule is C[CH]Cc1ccc(N2CC3C(C2)C3(F)F)cc1C. The normalized spacial score (nSPS) is 28.3. The van der Waals surface area contributed by atoms with Crippen LogP contribution in [0.5, 0.6) is 0 Å². The maximum absolute atomic E-state index is 13.1. The lowest BCUT2D eigenvalue weighted by molar-refractivity contribution is 0.0798. The highest BCUT2D eigenvalue weighted by molar-refractivity contribution is 5.53. The van der Waals surface area contributed by atoms with Crippen molar-refractivity contribution < 1.29 is 8.78 Å². The highest BCUT2D eigenvalue weighted by Crippen LogP contribution is 2.59. The van der Waals surface area contributed by atoms with Gasteiger partial charge in [0.1, 0.15) is 0 Å². The van der Waals surface area contributed by atoms with E-state index in [-0.39, 0.29) is 0 Å². The summed E-state index contributed by atoms with van der Waals surface area (Å²) in [4.78, 5) is 2.10. The van der Waals surface area contributed by atoms with Crippen molar-refractivity contribution in [2.45, 2.75) is 26.2 Å². The zero-order valence-electron chi connectivity index (χ0n) is 10.8. The Kier molecular flexibility index (Phi) is 2.61. The van der Waals surface area contributed by atoms with E-state index in [1.807, 2.05) is 6.92 Å². The average molecular weight is 250 g/mol. The number of anilines is 1. The molecule has 3 heteroatoms. The molecule has 1 saturated carbocycles. The minimum atomic E-state index is -2.39. The van der Waals surface area contributed by atoms with Crippen molar-refractivity contribution in [2.75, 3.05) is 18.0 Å². The van der Waals surface area contributed by atoms with Gasteiger partial charge in [-0.25, -0.2) is 8.78 Å². The number of halogens is 2. The molecule has 2 unspecified atom stereocenters. The van der Waals surface area contributed by atoms with Gasteiger partial charge in [-0.1, -0.05) is 13.0 Å². The zero-order chi connectivity index (χ0) is 12.9. The number of alkyl halides is 2. The number of hydrogen-bond acceptors (Lipinski definition) is 1. The first kappa shape index (κ1) is 11.9. The largest absolute Gasteiger partial charge is 0.370 e. The lowest BCUT2D eigenvalue weighted by Gasteiger charge is -2.23. The minimum absolute atomic E-state index is 0.401. The number of nitrogens with zero attached hydrogens (tertiary/aromatic N) is 1. The van der Waals surface area contributed by atoms with E-state index < -0.39 is 17.8 Å². The molecule has 1 aromatic carbocycles. The first-order valence-corrected chi connectivity index (χ1v) is 6.54. The second-order valence-corrected chi connectivity index (χ2v) is 5.52. The van der Waals surface area contributed by atoms with Crippen LogP contribution in [0.1, 0.15) is 18.1 Å². The van der Waals surface area contributed by atoms with Crippen molar-refractivity contribution in [3.63, 3.8) is 0 Å². The van der Waals surface area contributed by atoms with Gasteiger partial charge >= 0.3 is 0 Å². The van der Waals surface area contributed by atoms with Crippen LogP contribution < -0.4 is 4.90 Å². The molecule has 1 radical (unpaired) electrons. The van der Waals surface area contributed by atoms with Crippen LogP contribution in [-0.4, -0.2) is 19.0 Å². The number of rotatable bonds is 3. The summed E-state index contributed by atoms with van der Waals surface area (Å²) in [6.45, 7) is 5.16. The Morgan fingerprint density at radius 1 is 1.33 bits per heavy atom. The van der Waals surface area contributed by atoms with Crippen LogP contribution in [-0.2, 0) is 6.42 Å². The molecule has 1 aromatic rings. The molecule has 97 valence electrons. The van der Waals surface area contributed by atoms with Gasteiger partial charge in [-0.3, -0.25) is 0 Å². The summed E-state index contributed by atoms with van der Waals surface area (Å²) in [5, 5.41) is 0. The minimum Gasteiger partial charge on any atom is -0.370 e. The maximum atomic E-state index is 13.1. The Hall–Kier alpha value is -1.12. The van der Waals surface area contributed by atoms with Crippen LogP contribution in [0.2, 0.25) is 0 Å². The number of fused-ring (bicyclic) bond motifs is 1. The van der Waals surface area contributed by atoms with Gasteiger partial charge in [0.2, 0.25) is 0 Å². The molecule has 1 nitrogen and oxygen atoms in total. The third-order valence-corrected chi connectivity index (χ3v) is 4.31. The van der Waals surface area contributed by atoms with Gasteiger partial charge < -0.3 is 4.90 Å². The van der Waals surface area contributed by atoms with Crippen LogP contribution in [0.25, 0.3) is 0 Å². The predicted molar refractivity (Wildman–Crippen MR) is 69.0 cm³/mol. The third-order valence-electron chi connectivity index (χ3n) is 4.31. The molecule has 0 N–H and O–H groups in total. The number of aryl methyl sites for hydroxylation is 1. The highest BCUT2D eigenvalue weighted by atomic mass is 19.3. The van der Waals surface area contributed by atoms with Gasteiger partial charge in [-0.2, -0.15) is 0 Å². The van der Waals surface area contributed by atoms with E-state index in [9.17, 15) is 8.78 Å². The Morgan fingerprint density at radius 2 is 2.00 bits per heavy atom. The Morgan fingerprint density at radius 3 is 2.56 bits per heavy atom. The average Bonchev–Trinajstić information content (AvgIpc) is 2.73. The fraction of sp³-hybridized carbons (Fsp3) is 0.533. The molecule has 1 aliphatic carbocycles. The molecule has 0 spiro atoms. The fourth-order valence-electron chi connectivity index (χ4n) is 3.04. The lowest BCUT2D eigenvalue weighted by atomic mass is 10.0. The monoisotopic (exact) mass is 250 g/mol. The Balaban J connectivity index is 1.73. The highest BCUT2D eigenvalue weighted by Gasteiger charge is 2.71. The zero-order valence-corrected chi connectivity index (χ0v) is 10.8. The number of benzene rings is 1. The molecule has 2 aliphatic rings. The van der Waals surface area contributed by atoms with E-state index in [2.05, 4.69) is 36.4 Å². The maximum Gasteiger partial charge on any atom is 0.258 e. The third kappa shape index (κ3) is 1.72. The summed E-state index contributed by atoms with van der Waals surface area (Å²) in [5.41, 5.74) is 3.66. The van der Waals surface area contributed by atoms with E-state index in [4.69, 9.17) is 0 Å². The summed E-state index contributed by atoms with van der Waals surface area (Å²) in [6.07, 6.45) is 3.10. The van der Waals surface area contributed by atoms with E-state index in [0.29, 0.717) is 13.1 Å². The van der Waals surface area contributed by atoms with Crippen LogP contribution in [0.15, 0.2) is 18.2 Å². The van der Waals surface area contributed by atoms with E-state index in [1.165, 1.54) is 11.1 Å². The topological polar surface area (TPSA) is 3.24 Å². The molecule has 18 heavy (non-hydrogen) atoms. The standard InChI is InChI=1S/C15H18F2N/c1-3-4-11-5-6-12(7-10(11)2)18-8-13-14(9-18)15(13,16)17/h3,5-7,13-14H,4,8-9H2,1-2H3. The molecule has 1 aliphatic heterocycles. The summed E-state index contributed by atoms with van der Waals surface area (Å²) in [5.74, 6) is -3.19. The van der Waals surface area contributed by atoms with Gasteiger partial charge in [-0.15, -0.1) is 0 Å². The Labute approximate surface area is 107 Å². The number of hydrogen-bond donors (Lipinski definition) is 0. The fourth-order valence-corrected chi connectivity index (χ4v) is 3.04. The van der Waals surface area contributed by atoms with E-state index in [1.54, 1.807) is 0 Å². The van der Waals surface area contributed by atoms with Gasteiger partial charge in [0, 0.05) is 18.8 Å². The van der Waals surface area contributed by atoms with Gasteiger partial charge in [0.05, 0.1) is 11.8 Å². The summed E-state index contributed by atoms with van der Waals surface area (Å²) in [7, 11) is 0. The molecule has 1 heterocycles. The molecule has 0 amide bonds. The molecule has 0 bridgehead atoms. The molecular weight excluding hydrogens is 232 g/mol. The Bertz CT molecular complexity index is 456. The predicted octanol–water partition coefficient (Wildman–Crippen LogP) is 3.46. The van der Waals surface area contributed by atoms with Crippen molar-refractivity contribution in [3.05, 3.63) is 35.7 Å². The van der Waals surface area contributed by atoms with Crippen molar-refractivity contribution in [1.82, 2.24) is 0 Å². The molecule has 2 atom stereocenters. The van der Waals surface area contributed by atoms with Crippen LogP contribution in [0.3, 0.4) is 0 Å². The molecule has 2 fully saturated rings. The lowest BCUT2D eigenvalue weighted by Crippen LogP contribution is -2.27. The molecule has 1 saturated heterocycles.